The number of primary amides is 1. The van der Waals surface area contributed by atoms with Crippen LogP contribution in [-0.2, 0) is 4.79 Å². The molecule has 4 aromatic carbocycles. The molecule has 4 heteroatoms. The third-order valence-corrected chi connectivity index (χ3v) is 6.07. The summed E-state index contributed by atoms with van der Waals surface area (Å²) in [6.07, 6.45) is 5.57. The maximum absolute atomic E-state index is 12.9. The van der Waals surface area contributed by atoms with Crippen LogP contribution < -0.4 is 5.73 Å². The molecule has 5 rings (SSSR count). The Morgan fingerprint density at radius 3 is 1.66 bits per heavy atom. The first kappa shape index (κ1) is 22.1. The highest BCUT2D eigenvalue weighted by atomic mass is 16.1. The van der Waals surface area contributed by atoms with Crippen molar-refractivity contribution in [2.24, 2.45) is 5.73 Å². The van der Waals surface area contributed by atoms with E-state index in [4.69, 9.17) is 5.73 Å². The van der Waals surface area contributed by atoms with E-state index >= 15 is 0 Å². The number of imidazole rings is 1. The zero-order valence-corrected chi connectivity index (χ0v) is 19.2. The quantitative estimate of drug-likeness (QED) is 0.243. The summed E-state index contributed by atoms with van der Waals surface area (Å²) >= 11 is 0. The standard InChI is InChI=1S/C31H25N3O/c32-31(35)29(28(23-10-4-1-5-11-23)24-12-6-2-7-13-24)25-16-18-27(19-17-25)30(34-21-20-33-22-34)26-14-8-3-9-15-26/h1-22,30H,(H2,32,35). The molecule has 0 aliphatic carbocycles. The van der Waals surface area contributed by atoms with E-state index in [9.17, 15) is 4.79 Å². The second kappa shape index (κ2) is 10.1. The van der Waals surface area contributed by atoms with Gasteiger partial charge in [-0.1, -0.05) is 115 Å². The van der Waals surface area contributed by atoms with Gasteiger partial charge in [-0.3, -0.25) is 4.79 Å². The fraction of sp³-hybridized carbons (Fsp3) is 0.0323. The molecule has 0 saturated carbocycles. The van der Waals surface area contributed by atoms with E-state index in [-0.39, 0.29) is 6.04 Å². The predicted octanol–water partition coefficient (Wildman–Crippen LogP) is 5.97. The van der Waals surface area contributed by atoms with E-state index in [1.807, 2.05) is 104 Å². The van der Waals surface area contributed by atoms with Gasteiger partial charge in [-0.25, -0.2) is 4.98 Å². The smallest absolute Gasteiger partial charge is 0.249 e. The normalized spacial score (nSPS) is 11.5. The van der Waals surface area contributed by atoms with Crippen LogP contribution in [0.15, 0.2) is 134 Å². The Morgan fingerprint density at radius 2 is 1.17 bits per heavy atom. The van der Waals surface area contributed by atoms with Gasteiger partial charge < -0.3 is 10.3 Å². The van der Waals surface area contributed by atoms with Crippen molar-refractivity contribution >= 4 is 17.1 Å². The number of nitrogens with two attached hydrogens (primary N) is 1. The lowest BCUT2D eigenvalue weighted by atomic mass is 9.88. The number of hydrogen-bond donors (Lipinski definition) is 1. The molecule has 0 aliphatic rings. The fourth-order valence-corrected chi connectivity index (χ4v) is 4.50. The number of aromatic nitrogens is 2. The van der Waals surface area contributed by atoms with Crippen molar-refractivity contribution < 1.29 is 4.79 Å². The number of carbonyl (C=O) groups is 1. The average Bonchev–Trinajstić information content (AvgIpc) is 3.44. The number of carbonyl (C=O) groups excluding carboxylic acids is 1. The topological polar surface area (TPSA) is 60.9 Å². The number of nitrogens with zero attached hydrogens (tertiary/aromatic N) is 2. The first-order chi connectivity index (χ1) is 17.2. The lowest BCUT2D eigenvalue weighted by molar-refractivity contribution is -0.112. The van der Waals surface area contributed by atoms with Crippen LogP contribution in [-0.4, -0.2) is 15.5 Å². The Morgan fingerprint density at radius 1 is 0.657 bits per heavy atom. The number of hydrogen-bond acceptors (Lipinski definition) is 2. The van der Waals surface area contributed by atoms with Crippen molar-refractivity contribution in [1.29, 1.82) is 0 Å². The largest absolute Gasteiger partial charge is 0.366 e. The van der Waals surface area contributed by atoms with E-state index in [0.717, 1.165) is 33.4 Å². The van der Waals surface area contributed by atoms with E-state index < -0.39 is 5.91 Å². The molecule has 1 atom stereocenters. The minimum absolute atomic E-state index is 0.0310. The molecule has 1 aromatic heterocycles. The highest BCUT2D eigenvalue weighted by molar-refractivity contribution is 6.28. The zero-order chi connectivity index (χ0) is 24.0. The molecule has 0 bridgehead atoms. The summed E-state index contributed by atoms with van der Waals surface area (Å²) in [7, 11) is 0. The second-order valence-corrected chi connectivity index (χ2v) is 8.29. The molecule has 0 aliphatic heterocycles. The van der Waals surface area contributed by atoms with Crippen molar-refractivity contribution in [2.45, 2.75) is 6.04 Å². The Labute approximate surface area is 205 Å². The Hall–Kier alpha value is -4.70. The summed E-state index contributed by atoms with van der Waals surface area (Å²) in [4.78, 5) is 17.1. The van der Waals surface area contributed by atoms with Crippen molar-refractivity contribution in [3.63, 3.8) is 0 Å². The van der Waals surface area contributed by atoms with Crippen molar-refractivity contribution in [3.8, 4) is 0 Å². The van der Waals surface area contributed by atoms with Crippen LogP contribution in [0.1, 0.15) is 33.9 Å². The van der Waals surface area contributed by atoms with Crippen LogP contribution in [0, 0.1) is 0 Å². The van der Waals surface area contributed by atoms with Crippen LogP contribution in [0.5, 0.6) is 0 Å². The lowest BCUT2D eigenvalue weighted by Crippen LogP contribution is -2.16. The third kappa shape index (κ3) is 4.68. The summed E-state index contributed by atoms with van der Waals surface area (Å²) < 4.78 is 2.08. The molecular weight excluding hydrogens is 430 g/mol. The van der Waals surface area contributed by atoms with Crippen molar-refractivity contribution in [2.75, 3.05) is 0 Å². The first-order valence-corrected chi connectivity index (χ1v) is 11.5. The molecule has 0 fully saturated rings. The van der Waals surface area contributed by atoms with Crippen LogP contribution in [0.25, 0.3) is 11.1 Å². The van der Waals surface area contributed by atoms with E-state index in [2.05, 4.69) is 33.8 Å². The van der Waals surface area contributed by atoms with E-state index in [1.54, 1.807) is 6.20 Å². The second-order valence-electron chi connectivity index (χ2n) is 8.29. The summed E-state index contributed by atoms with van der Waals surface area (Å²) in [5, 5.41) is 0. The Kier molecular flexibility index (Phi) is 6.35. The first-order valence-electron chi connectivity index (χ1n) is 11.5. The van der Waals surface area contributed by atoms with Gasteiger partial charge in [0.2, 0.25) is 5.91 Å². The van der Waals surface area contributed by atoms with Gasteiger partial charge in [0.15, 0.2) is 0 Å². The molecule has 0 spiro atoms. The molecule has 0 saturated heterocycles. The van der Waals surface area contributed by atoms with Crippen LogP contribution in [0.3, 0.4) is 0 Å². The van der Waals surface area contributed by atoms with Crippen LogP contribution in [0.2, 0.25) is 0 Å². The SMILES string of the molecule is NC(=O)C(=C(c1ccccc1)c1ccccc1)c1ccc(C(c2ccccc2)n2ccnc2)cc1. The van der Waals surface area contributed by atoms with Gasteiger partial charge in [0.25, 0.3) is 0 Å². The molecule has 1 unspecified atom stereocenters. The Bertz CT molecular complexity index is 1380. The summed E-state index contributed by atoms with van der Waals surface area (Å²) in [5.74, 6) is -0.463. The highest BCUT2D eigenvalue weighted by Crippen LogP contribution is 2.34. The van der Waals surface area contributed by atoms with Crippen LogP contribution >= 0.6 is 0 Å². The summed E-state index contributed by atoms with van der Waals surface area (Å²) in [6, 6.07) is 38.2. The number of benzene rings is 4. The van der Waals surface area contributed by atoms with Gasteiger partial charge >= 0.3 is 0 Å². The van der Waals surface area contributed by atoms with Gasteiger partial charge in [-0.05, 0) is 27.8 Å². The maximum atomic E-state index is 12.9. The van der Waals surface area contributed by atoms with Crippen LogP contribution in [0.4, 0.5) is 0 Å². The van der Waals surface area contributed by atoms with Gasteiger partial charge in [0.1, 0.15) is 0 Å². The summed E-state index contributed by atoms with van der Waals surface area (Å²) in [6.45, 7) is 0. The van der Waals surface area contributed by atoms with Crippen molar-refractivity contribution in [3.05, 3.63) is 162 Å². The molecule has 35 heavy (non-hydrogen) atoms. The maximum Gasteiger partial charge on any atom is 0.249 e. The highest BCUT2D eigenvalue weighted by Gasteiger charge is 2.20. The summed E-state index contributed by atoms with van der Waals surface area (Å²) in [5.41, 5.74) is 12.2. The average molecular weight is 456 g/mol. The Balaban J connectivity index is 1.65. The fourth-order valence-electron chi connectivity index (χ4n) is 4.50. The molecule has 1 amide bonds. The predicted molar refractivity (Wildman–Crippen MR) is 140 cm³/mol. The molecule has 170 valence electrons. The van der Waals surface area contributed by atoms with Gasteiger partial charge in [0.05, 0.1) is 17.9 Å². The van der Waals surface area contributed by atoms with Gasteiger partial charge in [0, 0.05) is 18.0 Å². The van der Waals surface area contributed by atoms with E-state index in [1.165, 1.54) is 0 Å². The molecule has 1 heterocycles. The number of amides is 1. The van der Waals surface area contributed by atoms with Crippen molar-refractivity contribution in [1.82, 2.24) is 9.55 Å². The molecular formula is C31H25N3O. The molecule has 2 N–H and O–H groups in total. The minimum atomic E-state index is -0.463. The number of rotatable bonds is 7. The minimum Gasteiger partial charge on any atom is -0.366 e. The third-order valence-electron chi connectivity index (χ3n) is 6.07. The molecule has 0 radical (unpaired) electrons. The van der Waals surface area contributed by atoms with Gasteiger partial charge in [-0.2, -0.15) is 0 Å². The molecule has 5 aromatic rings. The van der Waals surface area contributed by atoms with Gasteiger partial charge in [-0.15, -0.1) is 0 Å². The molecule has 4 nitrogen and oxygen atoms in total. The lowest BCUT2D eigenvalue weighted by Gasteiger charge is -2.20. The monoisotopic (exact) mass is 455 g/mol. The van der Waals surface area contributed by atoms with E-state index in [0.29, 0.717) is 5.57 Å². The zero-order valence-electron chi connectivity index (χ0n) is 19.2.